The van der Waals surface area contributed by atoms with Gasteiger partial charge in [0.05, 0.1) is 15.5 Å². The van der Waals surface area contributed by atoms with Gasteiger partial charge >= 0.3 is 0 Å². The van der Waals surface area contributed by atoms with Gasteiger partial charge in [-0.25, -0.2) is 9.19 Å². The van der Waals surface area contributed by atoms with Gasteiger partial charge in [0.1, 0.15) is 0 Å². The van der Waals surface area contributed by atoms with Crippen molar-refractivity contribution in [2.45, 2.75) is 5.75 Å². The molecule has 0 aromatic carbocycles. The van der Waals surface area contributed by atoms with Crippen molar-refractivity contribution in [3.8, 4) is 6.19 Å². The summed E-state index contributed by atoms with van der Waals surface area (Å²) in [6, 6.07) is 0. The van der Waals surface area contributed by atoms with Gasteiger partial charge in [-0.15, -0.1) is 15.7 Å². The van der Waals surface area contributed by atoms with E-state index in [9.17, 15) is 4.21 Å². The van der Waals surface area contributed by atoms with Crippen molar-refractivity contribution in [1.82, 2.24) is 4.98 Å². The predicted molar refractivity (Wildman–Crippen MR) is 60.6 cm³/mol. The molecule has 0 saturated carbocycles. The molecular weight excluding hydrogens is 321 g/mol. The molecule has 1 aromatic rings. The standard InChI is InChI=1S/C6H6IN3OS2/c1-13(11,10-4-8)3-5-2-9-6(7)12-5/h2H,3H2,1H3. The zero-order valence-electron chi connectivity index (χ0n) is 6.73. The summed E-state index contributed by atoms with van der Waals surface area (Å²) in [7, 11) is -2.39. The second-order valence-corrected chi connectivity index (χ2v) is 7.63. The number of hydrogen-bond acceptors (Lipinski definition) is 5. The molecule has 1 atom stereocenters. The molecule has 70 valence electrons. The van der Waals surface area contributed by atoms with Gasteiger partial charge in [-0.05, 0) is 22.6 Å². The summed E-state index contributed by atoms with van der Waals surface area (Å²) in [5, 5.41) is 8.28. The SMILES string of the molecule is CS(=O)(Cc1cnc(I)s1)=NC#N. The minimum Gasteiger partial charge on any atom is -0.249 e. The molecule has 0 aliphatic carbocycles. The largest absolute Gasteiger partial charge is 0.249 e. The summed E-state index contributed by atoms with van der Waals surface area (Å²) in [6.45, 7) is 0. The van der Waals surface area contributed by atoms with Crippen LogP contribution in [0.15, 0.2) is 10.6 Å². The average Bonchev–Trinajstić information content (AvgIpc) is 2.34. The molecule has 4 nitrogen and oxygen atoms in total. The number of aromatic nitrogens is 1. The average molecular weight is 327 g/mol. The predicted octanol–water partition coefficient (Wildman–Crippen LogP) is 1.83. The van der Waals surface area contributed by atoms with Crippen LogP contribution in [-0.4, -0.2) is 15.4 Å². The highest BCUT2D eigenvalue weighted by molar-refractivity contribution is 14.1. The Hall–Kier alpha value is -0.200. The van der Waals surface area contributed by atoms with Gasteiger partial charge in [0.15, 0.2) is 3.01 Å². The summed E-state index contributed by atoms with van der Waals surface area (Å²) in [5.41, 5.74) is 0. The van der Waals surface area contributed by atoms with Gasteiger partial charge in [-0.1, -0.05) is 0 Å². The molecule has 0 N–H and O–H groups in total. The number of hydrogen-bond donors (Lipinski definition) is 0. The Balaban J connectivity index is 2.89. The van der Waals surface area contributed by atoms with Crippen LogP contribution in [-0.2, 0) is 15.5 Å². The molecule has 0 radical (unpaired) electrons. The molecular formula is C6H6IN3OS2. The molecule has 0 aliphatic heterocycles. The van der Waals surface area contributed by atoms with Crippen molar-refractivity contribution in [1.29, 1.82) is 5.26 Å². The molecule has 7 heteroatoms. The fourth-order valence-electron chi connectivity index (χ4n) is 0.733. The van der Waals surface area contributed by atoms with E-state index in [4.69, 9.17) is 5.26 Å². The van der Waals surface area contributed by atoms with Crippen LogP contribution in [0.3, 0.4) is 0 Å². The third-order valence-corrected chi connectivity index (χ3v) is 4.39. The summed E-state index contributed by atoms with van der Waals surface area (Å²) in [6.07, 6.45) is 4.71. The molecule has 13 heavy (non-hydrogen) atoms. The Bertz CT molecular complexity index is 453. The van der Waals surface area contributed by atoms with E-state index in [2.05, 4.69) is 31.9 Å². The van der Waals surface area contributed by atoms with Gasteiger partial charge in [0.25, 0.3) is 0 Å². The third-order valence-electron chi connectivity index (χ3n) is 1.17. The summed E-state index contributed by atoms with van der Waals surface area (Å²) < 4.78 is 15.8. The molecule has 0 aliphatic rings. The first-order valence-corrected chi connectivity index (χ1v) is 7.20. The highest BCUT2D eigenvalue weighted by Crippen LogP contribution is 2.17. The van der Waals surface area contributed by atoms with Gasteiger partial charge in [0.2, 0.25) is 6.19 Å². The maximum Gasteiger partial charge on any atom is 0.214 e. The van der Waals surface area contributed by atoms with E-state index in [1.807, 2.05) is 0 Å². The number of nitrogens with zero attached hydrogens (tertiary/aromatic N) is 3. The van der Waals surface area contributed by atoms with E-state index in [1.165, 1.54) is 17.6 Å². The Morgan fingerprint density at radius 1 is 1.92 bits per heavy atom. The van der Waals surface area contributed by atoms with E-state index >= 15 is 0 Å². The van der Waals surface area contributed by atoms with E-state index in [-0.39, 0.29) is 0 Å². The molecule has 1 heterocycles. The maximum atomic E-state index is 11.6. The number of rotatable bonds is 2. The van der Waals surface area contributed by atoms with Crippen molar-refractivity contribution in [2.75, 3.05) is 6.26 Å². The Kier molecular flexibility index (Phi) is 3.63. The second-order valence-electron chi connectivity index (χ2n) is 2.37. The monoisotopic (exact) mass is 327 g/mol. The van der Waals surface area contributed by atoms with Crippen LogP contribution in [0.1, 0.15) is 4.88 Å². The maximum absolute atomic E-state index is 11.6. The van der Waals surface area contributed by atoms with Crippen LogP contribution < -0.4 is 0 Å². The molecule has 0 saturated heterocycles. The van der Waals surface area contributed by atoms with Crippen molar-refractivity contribution in [2.24, 2.45) is 4.36 Å². The Labute approximate surface area is 94.3 Å². The minimum atomic E-state index is -2.39. The third kappa shape index (κ3) is 3.58. The zero-order chi connectivity index (χ0) is 9.90. The smallest absolute Gasteiger partial charge is 0.214 e. The molecule has 0 amide bonds. The summed E-state index contributed by atoms with van der Waals surface area (Å²) >= 11 is 3.56. The first kappa shape index (κ1) is 10.9. The number of halogens is 1. The summed E-state index contributed by atoms with van der Waals surface area (Å²) in [5.74, 6) is 0.307. The van der Waals surface area contributed by atoms with Gasteiger partial charge in [0, 0.05) is 17.3 Å². The molecule has 0 spiro atoms. The topological polar surface area (TPSA) is 66.1 Å². The van der Waals surface area contributed by atoms with Crippen LogP contribution in [0.5, 0.6) is 0 Å². The van der Waals surface area contributed by atoms with Crippen LogP contribution in [0.25, 0.3) is 0 Å². The molecule has 1 aromatic heterocycles. The van der Waals surface area contributed by atoms with Crippen LogP contribution >= 0.6 is 33.9 Å². The highest BCUT2D eigenvalue weighted by atomic mass is 127. The fourth-order valence-corrected chi connectivity index (χ4v) is 3.88. The molecule has 1 unspecified atom stereocenters. The van der Waals surface area contributed by atoms with E-state index in [0.29, 0.717) is 5.75 Å². The lowest BCUT2D eigenvalue weighted by atomic mass is 10.6. The normalized spacial score (nSPS) is 14.5. The van der Waals surface area contributed by atoms with Crippen molar-refractivity contribution < 1.29 is 4.21 Å². The van der Waals surface area contributed by atoms with Gasteiger partial charge in [-0.3, -0.25) is 0 Å². The highest BCUT2D eigenvalue weighted by Gasteiger charge is 2.06. The lowest BCUT2D eigenvalue weighted by Gasteiger charge is -1.95. The van der Waals surface area contributed by atoms with E-state index in [1.54, 1.807) is 12.4 Å². The number of thiazole rings is 1. The first-order chi connectivity index (χ1) is 6.03. The molecule has 0 bridgehead atoms. The Morgan fingerprint density at radius 3 is 3.08 bits per heavy atom. The van der Waals surface area contributed by atoms with Crippen molar-refractivity contribution in [3.63, 3.8) is 0 Å². The van der Waals surface area contributed by atoms with Crippen LogP contribution in [0.4, 0.5) is 0 Å². The van der Waals surface area contributed by atoms with E-state index in [0.717, 1.165) is 7.89 Å². The van der Waals surface area contributed by atoms with Gasteiger partial charge < -0.3 is 0 Å². The van der Waals surface area contributed by atoms with Crippen molar-refractivity contribution >= 4 is 43.7 Å². The van der Waals surface area contributed by atoms with Crippen LogP contribution in [0.2, 0.25) is 0 Å². The van der Waals surface area contributed by atoms with E-state index < -0.39 is 9.73 Å². The lowest BCUT2D eigenvalue weighted by Crippen LogP contribution is -1.98. The zero-order valence-corrected chi connectivity index (χ0v) is 10.5. The summed E-state index contributed by atoms with van der Waals surface area (Å²) in [4.78, 5) is 4.91. The fraction of sp³-hybridized carbons (Fsp3) is 0.333. The molecule has 1 rings (SSSR count). The van der Waals surface area contributed by atoms with Crippen molar-refractivity contribution in [3.05, 3.63) is 14.1 Å². The number of nitriles is 1. The quantitative estimate of drug-likeness (QED) is 0.615. The van der Waals surface area contributed by atoms with Crippen LogP contribution in [0, 0.1) is 14.5 Å². The van der Waals surface area contributed by atoms with Gasteiger partial charge in [-0.2, -0.15) is 5.26 Å². The lowest BCUT2D eigenvalue weighted by molar-refractivity contribution is 0.680. The Morgan fingerprint density at radius 2 is 2.62 bits per heavy atom. The first-order valence-electron chi connectivity index (χ1n) is 3.21. The molecule has 0 fully saturated rings. The minimum absolute atomic E-state index is 0.307. The second kappa shape index (κ2) is 4.34.